The van der Waals surface area contributed by atoms with Crippen molar-refractivity contribution < 1.29 is 4.79 Å². The largest absolute Gasteiger partial charge is 0.307 e. The van der Waals surface area contributed by atoms with Crippen molar-refractivity contribution >= 4 is 23.3 Å². The van der Waals surface area contributed by atoms with Gasteiger partial charge >= 0.3 is 0 Å². The molecule has 2 N–H and O–H groups in total. The number of benzene rings is 1. The van der Waals surface area contributed by atoms with Crippen molar-refractivity contribution in [2.75, 3.05) is 5.32 Å². The minimum Gasteiger partial charge on any atom is -0.307 e. The van der Waals surface area contributed by atoms with E-state index < -0.39 is 0 Å². The van der Waals surface area contributed by atoms with Crippen LogP contribution in [-0.4, -0.2) is 15.7 Å². The van der Waals surface area contributed by atoms with Crippen LogP contribution < -0.4 is 10.9 Å². The monoisotopic (exact) mass is 277 g/mol. The lowest BCUT2D eigenvalue weighted by atomic mass is 10.3. The lowest BCUT2D eigenvalue weighted by Crippen LogP contribution is -2.13. The molecule has 0 radical (unpaired) electrons. The van der Waals surface area contributed by atoms with Gasteiger partial charge in [-0.25, -0.2) is 4.68 Å². The molecule has 1 aromatic heterocycles. The molecule has 0 aliphatic carbocycles. The first-order chi connectivity index (χ1) is 8.97. The van der Waals surface area contributed by atoms with E-state index in [1.54, 1.807) is 31.2 Å². The van der Waals surface area contributed by atoms with Gasteiger partial charge < -0.3 is 5.32 Å². The maximum atomic E-state index is 11.8. The molecule has 0 saturated carbocycles. The fourth-order valence-corrected chi connectivity index (χ4v) is 1.68. The Morgan fingerprint density at radius 2 is 2.16 bits per heavy atom. The number of hydrogen-bond donors (Lipinski definition) is 2. The molecule has 0 bridgehead atoms. The number of H-pyrrole nitrogens is 1. The molecule has 1 heterocycles. The smallest absolute Gasteiger partial charge is 0.273 e. The van der Waals surface area contributed by atoms with Crippen LogP contribution in [0.5, 0.6) is 0 Å². The number of halogens is 1. The number of amides is 1. The van der Waals surface area contributed by atoms with Gasteiger partial charge in [0.05, 0.1) is 5.69 Å². The summed E-state index contributed by atoms with van der Waals surface area (Å²) >= 11 is 5.87. The molecule has 0 fully saturated rings. The number of aromatic nitrogens is 2. The number of hydrogen-bond acceptors (Lipinski definition) is 2. The third-order valence-corrected chi connectivity index (χ3v) is 2.66. The Bertz CT molecular complexity index is 700. The van der Waals surface area contributed by atoms with E-state index in [9.17, 15) is 9.59 Å². The molecule has 98 valence electrons. The van der Waals surface area contributed by atoms with E-state index in [2.05, 4.69) is 17.0 Å². The first-order valence-electron chi connectivity index (χ1n) is 5.52. The van der Waals surface area contributed by atoms with Crippen LogP contribution in [0.25, 0.3) is 5.69 Å². The SMILES string of the molecule is C=C(C)C(=O)Nc1cc(=O)n(-c2cccc(Cl)c2)[nH]1. The second-order valence-corrected chi connectivity index (χ2v) is 4.49. The Morgan fingerprint density at radius 3 is 2.79 bits per heavy atom. The molecule has 0 aliphatic heterocycles. The molecule has 1 aromatic carbocycles. The van der Waals surface area contributed by atoms with Gasteiger partial charge in [0.25, 0.3) is 11.5 Å². The Hall–Kier alpha value is -2.27. The van der Waals surface area contributed by atoms with E-state index in [1.165, 1.54) is 10.7 Å². The van der Waals surface area contributed by atoms with Crippen molar-refractivity contribution in [2.45, 2.75) is 6.92 Å². The van der Waals surface area contributed by atoms with Crippen LogP contribution in [0.2, 0.25) is 5.02 Å². The molecule has 5 nitrogen and oxygen atoms in total. The van der Waals surface area contributed by atoms with Gasteiger partial charge in [0.15, 0.2) is 0 Å². The number of aromatic amines is 1. The zero-order valence-corrected chi connectivity index (χ0v) is 11.0. The van der Waals surface area contributed by atoms with Crippen molar-refractivity contribution in [2.24, 2.45) is 0 Å². The average Bonchev–Trinajstić information content (AvgIpc) is 2.70. The Balaban J connectivity index is 2.34. The Kier molecular flexibility index (Phi) is 3.57. The zero-order valence-electron chi connectivity index (χ0n) is 10.2. The van der Waals surface area contributed by atoms with Crippen molar-refractivity contribution in [3.8, 4) is 5.69 Å². The van der Waals surface area contributed by atoms with E-state index in [0.29, 0.717) is 22.1 Å². The first-order valence-corrected chi connectivity index (χ1v) is 5.90. The van der Waals surface area contributed by atoms with Crippen LogP contribution in [0, 0.1) is 0 Å². The van der Waals surface area contributed by atoms with E-state index in [4.69, 9.17) is 11.6 Å². The standard InChI is InChI=1S/C13H12ClN3O2/c1-8(2)13(19)15-11-7-12(18)17(16-11)10-5-3-4-9(14)6-10/h3-7,16H,1H2,2H3,(H,15,19). The predicted octanol–water partition coefficient (Wildman–Crippen LogP) is 2.33. The summed E-state index contributed by atoms with van der Waals surface area (Å²) in [4.78, 5) is 23.3. The van der Waals surface area contributed by atoms with Gasteiger partial charge in [-0.05, 0) is 25.1 Å². The third-order valence-electron chi connectivity index (χ3n) is 2.42. The van der Waals surface area contributed by atoms with Crippen LogP contribution in [0.3, 0.4) is 0 Å². The summed E-state index contributed by atoms with van der Waals surface area (Å²) in [6.07, 6.45) is 0. The highest BCUT2D eigenvalue weighted by atomic mass is 35.5. The maximum absolute atomic E-state index is 11.8. The van der Waals surface area contributed by atoms with Gasteiger partial charge in [0.1, 0.15) is 5.82 Å². The van der Waals surface area contributed by atoms with Gasteiger partial charge in [-0.3, -0.25) is 14.7 Å². The molecular formula is C13H12ClN3O2. The van der Waals surface area contributed by atoms with E-state index >= 15 is 0 Å². The number of carbonyl (C=O) groups is 1. The molecule has 2 aromatic rings. The number of rotatable bonds is 3. The quantitative estimate of drug-likeness (QED) is 0.846. The molecule has 0 aliphatic rings. The summed E-state index contributed by atoms with van der Waals surface area (Å²) in [5, 5.41) is 5.84. The van der Waals surface area contributed by atoms with E-state index in [-0.39, 0.29) is 11.5 Å². The molecule has 0 unspecified atom stereocenters. The first kappa shape index (κ1) is 13.2. The van der Waals surface area contributed by atoms with Crippen LogP contribution in [0.1, 0.15) is 6.92 Å². The zero-order chi connectivity index (χ0) is 14.0. The molecular weight excluding hydrogens is 266 g/mol. The number of nitrogens with zero attached hydrogens (tertiary/aromatic N) is 1. The molecule has 19 heavy (non-hydrogen) atoms. The summed E-state index contributed by atoms with van der Waals surface area (Å²) in [6.45, 7) is 5.11. The van der Waals surface area contributed by atoms with Gasteiger partial charge in [0.2, 0.25) is 0 Å². The van der Waals surface area contributed by atoms with Gasteiger partial charge in [0, 0.05) is 16.7 Å². The minimum atomic E-state index is -0.348. The molecule has 0 spiro atoms. The summed E-state index contributed by atoms with van der Waals surface area (Å²) in [6, 6.07) is 8.11. The van der Waals surface area contributed by atoms with Crippen LogP contribution in [-0.2, 0) is 4.79 Å². The van der Waals surface area contributed by atoms with Crippen molar-refractivity contribution in [1.82, 2.24) is 9.78 Å². The van der Waals surface area contributed by atoms with Crippen LogP contribution >= 0.6 is 11.6 Å². The second-order valence-electron chi connectivity index (χ2n) is 4.06. The van der Waals surface area contributed by atoms with Crippen LogP contribution in [0.4, 0.5) is 5.82 Å². The third kappa shape index (κ3) is 2.95. The number of carbonyl (C=O) groups excluding carboxylic acids is 1. The summed E-state index contributed by atoms with van der Waals surface area (Å²) in [5.41, 5.74) is 0.656. The average molecular weight is 278 g/mol. The summed E-state index contributed by atoms with van der Waals surface area (Å²) in [5.74, 6) is -0.0440. The van der Waals surface area contributed by atoms with Gasteiger partial charge in [-0.1, -0.05) is 24.2 Å². The Morgan fingerprint density at radius 1 is 1.42 bits per heavy atom. The van der Waals surface area contributed by atoms with Crippen LogP contribution in [0.15, 0.2) is 47.3 Å². The topological polar surface area (TPSA) is 66.9 Å². The Labute approximate surface area is 114 Å². The fraction of sp³-hybridized carbons (Fsp3) is 0.0769. The highest BCUT2D eigenvalue weighted by Crippen LogP contribution is 2.13. The minimum absolute atomic E-state index is 0.292. The van der Waals surface area contributed by atoms with Crippen molar-refractivity contribution in [3.05, 3.63) is 57.9 Å². The molecule has 0 atom stereocenters. The molecule has 6 heteroatoms. The predicted molar refractivity (Wildman–Crippen MR) is 74.8 cm³/mol. The maximum Gasteiger partial charge on any atom is 0.273 e. The van der Waals surface area contributed by atoms with E-state index in [1.807, 2.05) is 0 Å². The number of anilines is 1. The second kappa shape index (κ2) is 5.16. The number of nitrogens with one attached hydrogen (secondary N) is 2. The van der Waals surface area contributed by atoms with Crippen molar-refractivity contribution in [3.63, 3.8) is 0 Å². The lowest BCUT2D eigenvalue weighted by Gasteiger charge is -2.03. The molecule has 1 amide bonds. The summed E-state index contributed by atoms with van der Waals surface area (Å²) in [7, 11) is 0. The van der Waals surface area contributed by atoms with Gasteiger partial charge in [-0.2, -0.15) is 0 Å². The lowest BCUT2D eigenvalue weighted by molar-refractivity contribution is -0.112. The molecule has 2 rings (SSSR count). The highest BCUT2D eigenvalue weighted by Gasteiger charge is 2.08. The summed E-state index contributed by atoms with van der Waals surface area (Å²) < 4.78 is 1.29. The van der Waals surface area contributed by atoms with E-state index in [0.717, 1.165) is 0 Å². The van der Waals surface area contributed by atoms with Crippen molar-refractivity contribution in [1.29, 1.82) is 0 Å². The highest BCUT2D eigenvalue weighted by molar-refractivity contribution is 6.30. The fourth-order valence-electron chi connectivity index (χ4n) is 1.50. The molecule has 0 saturated heterocycles. The van der Waals surface area contributed by atoms with Gasteiger partial charge in [-0.15, -0.1) is 0 Å². The normalized spacial score (nSPS) is 10.2.